The number of hydrogen-bond donors (Lipinski definition) is 2. The molecule has 0 bridgehead atoms. The lowest BCUT2D eigenvalue weighted by Crippen LogP contribution is -2.41. The van der Waals surface area contributed by atoms with Crippen molar-refractivity contribution in [1.29, 1.82) is 0 Å². The van der Waals surface area contributed by atoms with Gasteiger partial charge in [-0.2, -0.15) is 0 Å². The Balaban J connectivity index is 2.81. The maximum atomic E-state index is 12.3. The van der Waals surface area contributed by atoms with E-state index < -0.39 is 10.0 Å². The first-order chi connectivity index (χ1) is 9.90. The number of hydrogen-bond acceptors (Lipinski definition) is 4. The minimum absolute atomic E-state index is 0.134. The highest BCUT2D eigenvalue weighted by atomic mass is 32.2. The van der Waals surface area contributed by atoms with Gasteiger partial charge in [-0.1, -0.05) is 26.0 Å². The number of ether oxygens (including phenoxy) is 1. The van der Waals surface area contributed by atoms with Crippen molar-refractivity contribution in [1.82, 2.24) is 4.72 Å². The third-order valence-corrected chi connectivity index (χ3v) is 4.82. The molecule has 2 N–H and O–H groups in total. The Kier molecular flexibility index (Phi) is 7.31. The topological polar surface area (TPSA) is 75.6 Å². The van der Waals surface area contributed by atoms with E-state index in [-0.39, 0.29) is 23.5 Å². The Labute approximate surface area is 127 Å². The molecule has 0 heterocycles. The Morgan fingerprint density at radius 1 is 1.24 bits per heavy atom. The van der Waals surface area contributed by atoms with E-state index in [0.717, 1.165) is 12.0 Å². The van der Waals surface area contributed by atoms with Crippen LogP contribution in [0.4, 0.5) is 0 Å². The van der Waals surface area contributed by atoms with Gasteiger partial charge in [-0.05, 0) is 36.5 Å². The van der Waals surface area contributed by atoms with Crippen LogP contribution >= 0.6 is 0 Å². The SMILES string of the molecule is COCC(NS(=O)(=O)c1ccc(CCCO)cc1)C(C)C. The molecule has 0 saturated heterocycles. The summed E-state index contributed by atoms with van der Waals surface area (Å²) in [5, 5.41) is 8.80. The van der Waals surface area contributed by atoms with Crippen LogP contribution in [0.15, 0.2) is 29.2 Å². The molecular formula is C15H25NO4S. The molecule has 0 amide bonds. The van der Waals surface area contributed by atoms with Crippen LogP contribution in [0.5, 0.6) is 0 Å². The van der Waals surface area contributed by atoms with E-state index in [1.54, 1.807) is 31.4 Å². The largest absolute Gasteiger partial charge is 0.396 e. The van der Waals surface area contributed by atoms with Gasteiger partial charge in [0.2, 0.25) is 10.0 Å². The normalized spacial score (nSPS) is 13.6. The second-order valence-corrected chi connectivity index (χ2v) is 7.11. The number of aliphatic hydroxyl groups excluding tert-OH is 1. The summed E-state index contributed by atoms with van der Waals surface area (Å²) in [6, 6.07) is 6.50. The molecule has 21 heavy (non-hydrogen) atoms. The first-order valence-corrected chi connectivity index (χ1v) is 8.60. The number of nitrogens with one attached hydrogen (secondary N) is 1. The van der Waals surface area contributed by atoms with Crippen molar-refractivity contribution < 1.29 is 18.3 Å². The molecule has 0 fully saturated rings. The van der Waals surface area contributed by atoms with Gasteiger partial charge in [-0.15, -0.1) is 0 Å². The van der Waals surface area contributed by atoms with E-state index in [0.29, 0.717) is 13.0 Å². The Bertz CT molecular complexity index is 511. The first kappa shape index (κ1) is 18.1. The zero-order valence-electron chi connectivity index (χ0n) is 12.9. The summed E-state index contributed by atoms with van der Waals surface area (Å²) in [5.41, 5.74) is 1.01. The number of rotatable bonds is 9. The van der Waals surface area contributed by atoms with Crippen LogP contribution in [-0.4, -0.2) is 39.9 Å². The molecule has 6 heteroatoms. The highest BCUT2D eigenvalue weighted by molar-refractivity contribution is 7.89. The van der Waals surface area contributed by atoms with Crippen LogP contribution in [0.2, 0.25) is 0 Å². The highest BCUT2D eigenvalue weighted by Crippen LogP contribution is 2.14. The molecule has 0 aliphatic heterocycles. The number of aliphatic hydroxyl groups is 1. The van der Waals surface area contributed by atoms with Gasteiger partial charge >= 0.3 is 0 Å². The van der Waals surface area contributed by atoms with E-state index in [9.17, 15) is 8.42 Å². The van der Waals surface area contributed by atoms with Crippen LogP contribution < -0.4 is 4.72 Å². The molecule has 5 nitrogen and oxygen atoms in total. The second-order valence-electron chi connectivity index (χ2n) is 5.40. The van der Waals surface area contributed by atoms with Crippen molar-refractivity contribution in [3.05, 3.63) is 29.8 Å². The summed E-state index contributed by atoms with van der Waals surface area (Å²) < 4.78 is 32.4. The van der Waals surface area contributed by atoms with Gasteiger partial charge < -0.3 is 9.84 Å². The quantitative estimate of drug-likeness (QED) is 0.725. The van der Waals surface area contributed by atoms with Gasteiger partial charge in [0.25, 0.3) is 0 Å². The fourth-order valence-electron chi connectivity index (χ4n) is 1.93. The van der Waals surface area contributed by atoms with Crippen molar-refractivity contribution in [2.75, 3.05) is 20.3 Å². The smallest absolute Gasteiger partial charge is 0.240 e. The molecule has 1 aromatic rings. The monoisotopic (exact) mass is 315 g/mol. The fraction of sp³-hybridized carbons (Fsp3) is 0.600. The summed E-state index contributed by atoms with van der Waals surface area (Å²) in [6.45, 7) is 4.37. The van der Waals surface area contributed by atoms with Gasteiger partial charge in [0.1, 0.15) is 0 Å². The van der Waals surface area contributed by atoms with Crippen LogP contribution in [-0.2, 0) is 21.2 Å². The van der Waals surface area contributed by atoms with E-state index >= 15 is 0 Å². The number of sulfonamides is 1. The fourth-order valence-corrected chi connectivity index (χ4v) is 3.30. The van der Waals surface area contributed by atoms with E-state index in [4.69, 9.17) is 9.84 Å². The maximum absolute atomic E-state index is 12.3. The van der Waals surface area contributed by atoms with Crippen molar-refractivity contribution in [2.24, 2.45) is 5.92 Å². The van der Waals surface area contributed by atoms with Gasteiger partial charge in [-0.25, -0.2) is 13.1 Å². The Morgan fingerprint density at radius 3 is 2.33 bits per heavy atom. The first-order valence-electron chi connectivity index (χ1n) is 7.11. The lowest BCUT2D eigenvalue weighted by Gasteiger charge is -2.21. The zero-order chi connectivity index (χ0) is 15.9. The highest BCUT2D eigenvalue weighted by Gasteiger charge is 2.22. The average Bonchev–Trinajstić information content (AvgIpc) is 2.45. The molecule has 0 aromatic heterocycles. The Morgan fingerprint density at radius 2 is 1.86 bits per heavy atom. The number of methoxy groups -OCH3 is 1. The summed E-state index contributed by atoms with van der Waals surface area (Å²) in [5.74, 6) is 0.142. The van der Waals surface area contributed by atoms with Crippen LogP contribution in [0, 0.1) is 5.92 Å². The summed E-state index contributed by atoms with van der Waals surface area (Å²) in [4.78, 5) is 0.247. The predicted molar refractivity (Wildman–Crippen MR) is 82.7 cm³/mol. The summed E-state index contributed by atoms with van der Waals surface area (Å²) >= 11 is 0. The molecule has 120 valence electrons. The molecular weight excluding hydrogens is 290 g/mol. The molecule has 1 aromatic carbocycles. The maximum Gasteiger partial charge on any atom is 0.240 e. The summed E-state index contributed by atoms with van der Waals surface area (Å²) in [6.07, 6.45) is 1.41. The van der Waals surface area contributed by atoms with Crippen molar-refractivity contribution in [2.45, 2.75) is 37.6 Å². The van der Waals surface area contributed by atoms with Crippen LogP contribution in [0.3, 0.4) is 0 Å². The average molecular weight is 315 g/mol. The van der Waals surface area contributed by atoms with Crippen LogP contribution in [0.1, 0.15) is 25.8 Å². The van der Waals surface area contributed by atoms with E-state index in [1.165, 1.54) is 0 Å². The van der Waals surface area contributed by atoms with E-state index in [2.05, 4.69) is 4.72 Å². The minimum Gasteiger partial charge on any atom is -0.396 e. The zero-order valence-corrected chi connectivity index (χ0v) is 13.7. The third-order valence-electron chi connectivity index (χ3n) is 3.31. The lowest BCUT2D eigenvalue weighted by atomic mass is 10.1. The molecule has 1 unspecified atom stereocenters. The standard InChI is InChI=1S/C15H25NO4S/c1-12(2)15(11-20-3)16-21(18,19)14-8-6-13(7-9-14)5-4-10-17/h6-9,12,15-17H,4-5,10-11H2,1-3H3. The van der Waals surface area contributed by atoms with Gasteiger partial charge in [0, 0.05) is 19.8 Å². The molecule has 0 saturated carbocycles. The number of benzene rings is 1. The van der Waals surface area contributed by atoms with Crippen molar-refractivity contribution in [3.8, 4) is 0 Å². The molecule has 0 aliphatic rings. The van der Waals surface area contributed by atoms with Crippen LogP contribution in [0.25, 0.3) is 0 Å². The van der Waals surface area contributed by atoms with Gasteiger partial charge in [0.15, 0.2) is 0 Å². The van der Waals surface area contributed by atoms with Gasteiger partial charge in [-0.3, -0.25) is 0 Å². The number of aryl methyl sites for hydroxylation is 1. The molecule has 0 radical (unpaired) electrons. The molecule has 0 aliphatic carbocycles. The predicted octanol–water partition coefficient (Wildman–Crippen LogP) is 1.56. The molecule has 1 atom stereocenters. The molecule has 1 rings (SSSR count). The van der Waals surface area contributed by atoms with Crippen molar-refractivity contribution in [3.63, 3.8) is 0 Å². The van der Waals surface area contributed by atoms with Gasteiger partial charge in [0.05, 0.1) is 11.5 Å². The minimum atomic E-state index is -3.54. The van der Waals surface area contributed by atoms with Crippen molar-refractivity contribution >= 4 is 10.0 Å². The second kappa shape index (κ2) is 8.48. The van der Waals surface area contributed by atoms with E-state index in [1.807, 2.05) is 13.8 Å². The lowest BCUT2D eigenvalue weighted by molar-refractivity contribution is 0.157. The molecule has 0 spiro atoms. The summed E-state index contributed by atoms with van der Waals surface area (Å²) in [7, 11) is -1.99. The Hall–Kier alpha value is -0.950. The third kappa shape index (κ3) is 5.74.